The van der Waals surface area contributed by atoms with Crippen molar-refractivity contribution < 1.29 is 23.7 Å². The van der Waals surface area contributed by atoms with Crippen LogP contribution in [0.25, 0.3) is 22.1 Å². The summed E-state index contributed by atoms with van der Waals surface area (Å²) in [6.07, 6.45) is 1.39. The smallest absolute Gasteiger partial charge is 0.231 e. The number of rotatable bonds is 2. The summed E-state index contributed by atoms with van der Waals surface area (Å²) in [5.74, 6) is 1.35. The molecule has 4 rings (SSSR count). The Kier molecular flexibility index (Phi) is 2.90. The van der Waals surface area contributed by atoms with Crippen molar-refractivity contribution in [1.82, 2.24) is 0 Å². The Morgan fingerprint density at radius 1 is 1.13 bits per heavy atom. The first-order chi connectivity index (χ1) is 11.2. The van der Waals surface area contributed by atoms with Gasteiger partial charge in [-0.05, 0) is 23.8 Å². The van der Waals surface area contributed by atoms with Crippen molar-refractivity contribution in [3.05, 3.63) is 46.8 Å². The first-order valence-corrected chi connectivity index (χ1v) is 6.90. The zero-order chi connectivity index (χ0) is 16.0. The molecule has 1 N–H and O–H groups in total. The summed E-state index contributed by atoms with van der Waals surface area (Å²) in [6.45, 7) is 0.165. The van der Waals surface area contributed by atoms with E-state index in [0.29, 0.717) is 28.2 Å². The van der Waals surface area contributed by atoms with E-state index in [9.17, 15) is 9.90 Å². The quantitative estimate of drug-likeness (QED) is 0.784. The summed E-state index contributed by atoms with van der Waals surface area (Å²) in [7, 11) is 1.43. The van der Waals surface area contributed by atoms with Gasteiger partial charge in [0, 0.05) is 6.07 Å². The van der Waals surface area contributed by atoms with Gasteiger partial charge in [-0.2, -0.15) is 0 Å². The Bertz CT molecular complexity index is 973. The van der Waals surface area contributed by atoms with Crippen LogP contribution in [0, 0.1) is 0 Å². The first-order valence-electron chi connectivity index (χ1n) is 6.90. The maximum Gasteiger partial charge on any atom is 0.231 e. The normalized spacial score (nSPS) is 12.6. The van der Waals surface area contributed by atoms with Gasteiger partial charge in [-0.25, -0.2) is 0 Å². The lowest BCUT2D eigenvalue weighted by molar-refractivity contribution is 0.174. The van der Waals surface area contributed by atoms with E-state index in [1.807, 2.05) is 0 Å². The minimum Gasteiger partial charge on any atom is -0.504 e. The van der Waals surface area contributed by atoms with Gasteiger partial charge < -0.3 is 23.7 Å². The van der Waals surface area contributed by atoms with Gasteiger partial charge in [-0.3, -0.25) is 4.79 Å². The summed E-state index contributed by atoms with van der Waals surface area (Å²) in [6, 6.07) is 8.05. The molecule has 0 unspecified atom stereocenters. The van der Waals surface area contributed by atoms with Crippen molar-refractivity contribution >= 4 is 11.0 Å². The second-order valence-corrected chi connectivity index (χ2v) is 5.07. The second-order valence-electron chi connectivity index (χ2n) is 5.07. The summed E-state index contributed by atoms with van der Waals surface area (Å²) < 4.78 is 21.1. The van der Waals surface area contributed by atoms with E-state index in [-0.39, 0.29) is 29.1 Å². The Balaban J connectivity index is 1.91. The Morgan fingerprint density at radius 3 is 2.78 bits per heavy atom. The zero-order valence-electron chi connectivity index (χ0n) is 12.2. The zero-order valence-corrected chi connectivity index (χ0v) is 12.2. The highest BCUT2D eigenvalue weighted by molar-refractivity contribution is 5.84. The van der Waals surface area contributed by atoms with Gasteiger partial charge in [0.1, 0.15) is 11.8 Å². The van der Waals surface area contributed by atoms with E-state index in [0.717, 1.165) is 0 Å². The number of aromatic hydroxyl groups is 1. The van der Waals surface area contributed by atoms with Crippen molar-refractivity contribution in [2.24, 2.45) is 0 Å². The van der Waals surface area contributed by atoms with Crippen molar-refractivity contribution in [2.75, 3.05) is 13.9 Å². The SMILES string of the molecule is COc1cc2occ(-c3ccc4c(c3)OCO4)c(=O)c2cc1O. The molecule has 0 aliphatic carbocycles. The molecular formula is C17H12O6. The van der Waals surface area contributed by atoms with E-state index in [1.165, 1.54) is 25.5 Å². The van der Waals surface area contributed by atoms with Gasteiger partial charge in [0.05, 0.1) is 18.1 Å². The van der Waals surface area contributed by atoms with E-state index >= 15 is 0 Å². The molecule has 2 heterocycles. The number of ether oxygens (including phenoxy) is 3. The molecule has 1 aromatic heterocycles. The third kappa shape index (κ3) is 2.07. The van der Waals surface area contributed by atoms with Crippen LogP contribution >= 0.6 is 0 Å². The van der Waals surface area contributed by atoms with Crippen molar-refractivity contribution in [3.8, 4) is 34.1 Å². The summed E-state index contributed by atoms with van der Waals surface area (Å²) >= 11 is 0. The molecule has 0 amide bonds. The maximum atomic E-state index is 12.7. The standard InChI is InChI=1S/C17H12O6/c1-20-15-6-14-10(5-12(15)18)17(19)11(7-21-14)9-2-3-13-16(4-9)23-8-22-13/h2-7,18H,8H2,1H3. The van der Waals surface area contributed by atoms with Gasteiger partial charge in [-0.15, -0.1) is 0 Å². The molecule has 116 valence electrons. The molecule has 1 aliphatic heterocycles. The van der Waals surface area contributed by atoms with Gasteiger partial charge in [-0.1, -0.05) is 6.07 Å². The fourth-order valence-electron chi connectivity index (χ4n) is 2.57. The highest BCUT2D eigenvalue weighted by atomic mass is 16.7. The largest absolute Gasteiger partial charge is 0.504 e. The second kappa shape index (κ2) is 4.95. The van der Waals surface area contributed by atoms with Gasteiger partial charge in [0.15, 0.2) is 23.0 Å². The van der Waals surface area contributed by atoms with Crippen LogP contribution in [0.4, 0.5) is 0 Å². The van der Waals surface area contributed by atoms with Crippen LogP contribution in [-0.2, 0) is 0 Å². The van der Waals surface area contributed by atoms with Crippen LogP contribution in [0.1, 0.15) is 0 Å². The molecule has 2 aromatic carbocycles. The van der Waals surface area contributed by atoms with E-state index < -0.39 is 0 Å². The molecule has 0 atom stereocenters. The number of phenolic OH excluding ortho intramolecular Hbond substituents is 1. The molecule has 23 heavy (non-hydrogen) atoms. The minimum atomic E-state index is -0.247. The lowest BCUT2D eigenvalue weighted by Crippen LogP contribution is -2.05. The molecule has 0 saturated heterocycles. The molecule has 6 nitrogen and oxygen atoms in total. The number of hydrogen-bond acceptors (Lipinski definition) is 6. The fourth-order valence-corrected chi connectivity index (χ4v) is 2.57. The highest BCUT2D eigenvalue weighted by Gasteiger charge is 2.17. The number of methoxy groups -OCH3 is 1. The summed E-state index contributed by atoms with van der Waals surface area (Å²) in [4.78, 5) is 12.7. The Labute approximate surface area is 130 Å². The number of benzene rings is 2. The summed E-state index contributed by atoms with van der Waals surface area (Å²) in [5, 5.41) is 10.2. The van der Waals surface area contributed by atoms with Crippen molar-refractivity contribution in [3.63, 3.8) is 0 Å². The maximum absolute atomic E-state index is 12.7. The average molecular weight is 312 g/mol. The van der Waals surface area contributed by atoms with Crippen LogP contribution in [0.5, 0.6) is 23.0 Å². The predicted octanol–water partition coefficient (Wildman–Crippen LogP) is 2.90. The van der Waals surface area contributed by atoms with Crippen LogP contribution in [0.15, 0.2) is 45.8 Å². The topological polar surface area (TPSA) is 78.1 Å². The van der Waals surface area contributed by atoms with Crippen LogP contribution in [0.3, 0.4) is 0 Å². The van der Waals surface area contributed by atoms with E-state index in [4.69, 9.17) is 18.6 Å². The first kappa shape index (κ1) is 13.5. The molecular weight excluding hydrogens is 300 g/mol. The highest BCUT2D eigenvalue weighted by Crippen LogP contribution is 2.36. The third-order valence-electron chi connectivity index (χ3n) is 3.76. The summed E-state index contributed by atoms with van der Waals surface area (Å²) in [5.41, 5.74) is 1.12. The number of hydrogen-bond donors (Lipinski definition) is 1. The lowest BCUT2D eigenvalue weighted by atomic mass is 10.0. The van der Waals surface area contributed by atoms with Crippen molar-refractivity contribution in [2.45, 2.75) is 0 Å². The van der Waals surface area contributed by atoms with Crippen LogP contribution < -0.4 is 19.6 Å². The molecule has 0 spiro atoms. The molecule has 3 aromatic rings. The minimum absolute atomic E-state index is 0.116. The Morgan fingerprint density at radius 2 is 1.96 bits per heavy atom. The van der Waals surface area contributed by atoms with Crippen LogP contribution in [0.2, 0.25) is 0 Å². The van der Waals surface area contributed by atoms with Gasteiger partial charge in [0.25, 0.3) is 0 Å². The molecule has 0 bridgehead atoms. The number of fused-ring (bicyclic) bond motifs is 2. The van der Waals surface area contributed by atoms with Gasteiger partial charge >= 0.3 is 0 Å². The number of phenols is 1. The van der Waals surface area contributed by atoms with Crippen molar-refractivity contribution in [1.29, 1.82) is 0 Å². The van der Waals surface area contributed by atoms with E-state index in [2.05, 4.69) is 0 Å². The third-order valence-corrected chi connectivity index (χ3v) is 3.76. The molecule has 0 saturated carbocycles. The van der Waals surface area contributed by atoms with Gasteiger partial charge in [0.2, 0.25) is 12.2 Å². The average Bonchev–Trinajstić information content (AvgIpc) is 3.03. The molecule has 1 aliphatic rings. The Hall–Kier alpha value is -3.15. The lowest BCUT2D eigenvalue weighted by Gasteiger charge is -2.07. The fraction of sp³-hybridized carbons (Fsp3) is 0.118. The van der Waals surface area contributed by atoms with E-state index in [1.54, 1.807) is 18.2 Å². The van der Waals surface area contributed by atoms with Crippen LogP contribution in [-0.4, -0.2) is 19.0 Å². The molecule has 0 fully saturated rings. The molecule has 0 radical (unpaired) electrons. The monoisotopic (exact) mass is 312 g/mol. The molecule has 6 heteroatoms. The predicted molar refractivity (Wildman–Crippen MR) is 82.3 cm³/mol.